The molecule has 0 saturated heterocycles. The minimum atomic E-state index is -1.26. The van der Waals surface area contributed by atoms with Crippen LogP contribution in [0.4, 0.5) is 4.39 Å². The molecule has 2 N–H and O–H groups in total. The number of alkyl halides is 1. The van der Waals surface area contributed by atoms with E-state index in [0.717, 1.165) is 23.1 Å². The highest BCUT2D eigenvalue weighted by atomic mass is 19.1. The summed E-state index contributed by atoms with van der Waals surface area (Å²) in [5.41, 5.74) is 7.22. The van der Waals surface area contributed by atoms with Crippen molar-refractivity contribution < 1.29 is 4.39 Å². The molecule has 0 spiro atoms. The van der Waals surface area contributed by atoms with Crippen LogP contribution in [0.25, 0.3) is 0 Å². The normalized spacial score (nSPS) is 26.1. The first kappa shape index (κ1) is 8.70. The van der Waals surface area contributed by atoms with E-state index in [4.69, 9.17) is 5.73 Å². The number of hydrogen-bond acceptors (Lipinski definition) is 1. The summed E-state index contributed by atoms with van der Waals surface area (Å²) in [6.07, 6.45) is 1.37. The molecule has 0 radical (unpaired) electrons. The van der Waals surface area contributed by atoms with Gasteiger partial charge in [0.1, 0.15) is 5.67 Å². The fraction of sp³-hybridized carbons (Fsp3) is 0.455. The monoisotopic (exact) mass is 179 g/mol. The lowest BCUT2D eigenvalue weighted by Gasteiger charge is -2.20. The van der Waals surface area contributed by atoms with Crippen molar-refractivity contribution in [1.29, 1.82) is 0 Å². The lowest BCUT2D eigenvalue weighted by Crippen LogP contribution is -2.28. The van der Waals surface area contributed by atoms with E-state index in [1.54, 1.807) is 0 Å². The Balaban J connectivity index is 2.58. The fourth-order valence-corrected chi connectivity index (χ4v) is 2.24. The van der Waals surface area contributed by atoms with Gasteiger partial charge in [0.2, 0.25) is 0 Å². The van der Waals surface area contributed by atoms with Crippen LogP contribution in [0.1, 0.15) is 23.1 Å². The van der Waals surface area contributed by atoms with E-state index in [9.17, 15) is 4.39 Å². The molecular weight excluding hydrogens is 165 g/mol. The summed E-state index contributed by atoms with van der Waals surface area (Å²) in [6.45, 7) is 2.05. The average Bonchev–Trinajstić information content (AvgIpc) is 2.47. The molecule has 1 unspecified atom stereocenters. The number of rotatable bonds is 1. The van der Waals surface area contributed by atoms with Gasteiger partial charge < -0.3 is 5.73 Å². The Hall–Kier alpha value is -0.890. The molecule has 0 bridgehead atoms. The number of hydrogen-bond donors (Lipinski definition) is 1. The van der Waals surface area contributed by atoms with Crippen molar-refractivity contribution in [2.45, 2.75) is 25.4 Å². The molecule has 0 aromatic heterocycles. The summed E-state index contributed by atoms with van der Waals surface area (Å²) in [5.74, 6) is 0. The maximum Gasteiger partial charge on any atom is 0.148 e. The average molecular weight is 179 g/mol. The van der Waals surface area contributed by atoms with Gasteiger partial charge in [0.25, 0.3) is 0 Å². The van der Waals surface area contributed by atoms with E-state index in [1.807, 2.05) is 25.1 Å². The molecule has 2 rings (SSSR count). The van der Waals surface area contributed by atoms with Crippen molar-refractivity contribution in [3.63, 3.8) is 0 Å². The summed E-state index contributed by atoms with van der Waals surface area (Å²) >= 11 is 0. The van der Waals surface area contributed by atoms with Gasteiger partial charge in [-0.05, 0) is 36.5 Å². The van der Waals surface area contributed by atoms with E-state index in [1.165, 1.54) is 0 Å². The highest BCUT2D eigenvalue weighted by Crippen LogP contribution is 2.41. The van der Waals surface area contributed by atoms with Crippen LogP contribution < -0.4 is 5.73 Å². The zero-order chi connectivity index (χ0) is 9.47. The van der Waals surface area contributed by atoms with Crippen LogP contribution in [-0.4, -0.2) is 6.54 Å². The molecule has 0 heterocycles. The quantitative estimate of drug-likeness (QED) is 0.701. The van der Waals surface area contributed by atoms with E-state index in [2.05, 4.69) is 0 Å². The minimum Gasteiger partial charge on any atom is -0.327 e. The van der Waals surface area contributed by atoms with Crippen molar-refractivity contribution in [2.24, 2.45) is 5.73 Å². The molecule has 0 saturated carbocycles. The maximum absolute atomic E-state index is 14.2. The molecule has 13 heavy (non-hydrogen) atoms. The van der Waals surface area contributed by atoms with E-state index >= 15 is 0 Å². The lowest BCUT2D eigenvalue weighted by atomic mass is 9.94. The molecule has 2 heteroatoms. The van der Waals surface area contributed by atoms with Crippen molar-refractivity contribution in [3.8, 4) is 0 Å². The predicted octanol–water partition coefficient (Wildman–Crippen LogP) is 2.06. The Labute approximate surface area is 77.8 Å². The maximum atomic E-state index is 14.2. The van der Waals surface area contributed by atoms with Crippen LogP contribution in [0, 0.1) is 6.92 Å². The topological polar surface area (TPSA) is 26.0 Å². The van der Waals surface area contributed by atoms with Crippen molar-refractivity contribution >= 4 is 0 Å². The zero-order valence-corrected chi connectivity index (χ0v) is 7.81. The van der Waals surface area contributed by atoms with Crippen molar-refractivity contribution in [1.82, 2.24) is 0 Å². The molecule has 1 aliphatic carbocycles. The lowest BCUT2D eigenvalue weighted by molar-refractivity contribution is 0.176. The summed E-state index contributed by atoms with van der Waals surface area (Å²) in [5, 5.41) is 0. The second kappa shape index (κ2) is 2.81. The highest BCUT2D eigenvalue weighted by Gasteiger charge is 2.38. The molecule has 70 valence electrons. The van der Waals surface area contributed by atoms with Gasteiger partial charge in [0.15, 0.2) is 0 Å². The second-order valence-corrected chi connectivity index (χ2v) is 3.78. The molecule has 1 nitrogen and oxygen atoms in total. The van der Waals surface area contributed by atoms with Gasteiger partial charge in [-0.25, -0.2) is 4.39 Å². The summed E-state index contributed by atoms with van der Waals surface area (Å²) in [6, 6.07) is 5.93. The third-order valence-corrected chi connectivity index (χ3v) is 2.92. The van der Waals surface area contributed by atoms with Crippen LogP contribution in [0.2, 0.25) is 0 Å². The SMILES string of the molecule is Cc1cccc2c1C(F)(CN)CC2. The molecule has 0 amide bonds. The van der Waals surface area contributed by atoms with Gasteiger partial charge in [-0.1, -0.05) is 18.2 Å². The Morgan fingerprint density at radius 2 is 2.31 bits per heavy atom. The zero-order valence-electron chi connectivity index (χ0n) is 7.81. The number of halogens is 1. The Kier molecular flexibility index (Phi) is 1.88. The van der Waals surface area contributed by atoms with Gasteiger partial charge in [0, 0.05) is 6.54 Å². The van der Waals surface area contributed by atoms with E-state index < -0.39 is 5.67 Å². The van der Waals surface area contributed by atoms with Gasteiger partial charge in [0.05, 0.1) is 0 Å². The number of benzene rings is 1. The molecule has 0 fully saturated rings. The second-order valence-electron chi connectivity index (χ2n) is 3.78. The standard InChI is InChI=1S/C11H14FN/c1-8-3-2-4-9-5-6-11(12,7-13)10(8)9/h2-4H,5-7,13H2,1H3. The van der Waals surface area contributed by atoms with Gasteiger partial charge >= 0.3 is 0 Å². The molecule has 1 aromatic rings. The Morgan fingerprint density at radius 3 is 3.00 bits per heavy atom. The predicted molar refractivity (Wildman–Crippen MR) is 51.3 cm³/mol. The van der Waals surface area contributed by atoms with Crippen LogP contribution in [0.3, 0.4) is 0 Å². The number of nitrogens with two attached hydrogens (primary N) is 1. The molecule has 0 aliphatic heterocycles. The van der Waals surface area contributed by atoms with Crippen LogP contribution in [0.5, 0.6) is 0 Å². The van der Waals surface area contributed by atoms with Crippen LogP contribution in [-0.2, 0) is 12.1 Å². The Morgan fingerprint density at radius 1 is 1.54 bits per heavy atom. The molecule has 1 aliphatic rings. The van der Waals surface area contributed by atoms with Crippen LogP contribution in [0.15, 0.2) is 18.2 Å². The summed E-state index contributed by atoms with van der Waals surface area (Å²) < 4.78 is 14.2. The number of aryl methyl sites for hydroxylation is 2. The minimum absolute atomic E-state index is 0.102. The van der Waals surface area contributed by atoms with Gasteiger partial charge in [-0.3, -0.25) is 0 Å². The smallest absolute Gasteiger partial charge is 0.148 e. The summed E-state index contributed by atoms with van der Waals surface area (Å²) in [7, 11) is 0. The summed E-state index contributed by atoms with van der Waals surface area (Å²) in [4.78, 5) is 0. The van der Waals surface area contributed by atoms with Gasteiger partial charge in [-0.2, -0.15) is 0 Å². The first-order chi connectivity index (χ1) is 6.17. The van der Waals surface area contributed by atoms with Gasteiger partial charge in [-0.15, -0.1) is 0 Å². The third-order valence-electron chi connectivity index (χ3n) is 2.92. The largest absolute Gasteiger partial charge is 0.327 e. The van der Waals surface area contributed by atoms with E-state index in [0.29, 0.717) is 6.42 Å². The third kappa shape index (κ3) is 1.17. The van der Waals surface area contributed by atoms with E-state index in [-0.39, 0.29) is 6.54 Å². The fourth-order valence-electron chi connectivity index (χ4n) is 2.24. The first-order valence-electron chi connectivity index (χ1n) is 4.65. The van der Waals surface area contributed by atoms with Crippen molar-refractivity contribution in [2.75, 3.05) is 6.54 Å². The molecule has 1 atom stereocenters. The van der Waals surface area contributed by atoms with Crippen LogP contribution >= 0.6 is 0 Å². The highest BCUT2D eigenvalue weighted by molar-refractivity contribution is 5.43. The van der Waals surface area contributed by atoms with Crippen molar-refractivity contribution in [3.05, 3.63) is 34.9 Å². The Bertz CT molecular complexity index is 335. The number of fused-ring (bicyclic) bond motifs is 1. The first-order valence-corrected chi connectivity index (χ1v) is 4.65. The molecular formula is C11H14FN. The molecule has 1 aromatic carbocycles.